The highest BCUT2D eigenvalue weighted by Gasteiger charge is 2.44. The van der Waals surface area contributed by atoms with E-state index in [1.165, 1.54) is 4.57 Å². The van der Waals surface area contributed by atoms with Crippen molar-refractivity contribution in [2.75, 3.05) is 90.0 Å². The maximum atomic E-state index is 14.1. The summed E-state index contributed by atoms with van der Waals surface area (Å²) < 4.78 is 89.4. The van der Waals surface area contributed by atoms with Crippen LogP contribution in [0.1, 0.15) is 169 Å². The molecule has 0 spiro atoms. The first-order chi connectivity index (χ1) is 43.8. The van der Waals surface area contributed by atoms with Crippen LogP contribution in [0.2, 0.25) is 19.1 Å². The Balaban J connectivity index is 0.880. The highest BCUT2D eigenvalue weighted by Crippen LogP contribution is 2.55. The van der Waals surface area contributed by atoms with E-state index in [4.69, 9.17) is 47.7 Å². The third-order valence-corrected chi connectivity index (χ3v) is 22.5. The fourth-order valence-corrected chi connectivity index (χ4v) is 17.4. The molecule has 5 rings (SSSR count). The van der Waals surface area contributed by atoms with Gasteiger partial charge in [0.2, 0.25) is 17.7 Å². The van der Waals surface area contributed by atoms with E-state index < -0.39 is 67.4 Å². The smallest absolute Gasteiger partial charge is 0.415 e. The van der Waals surface area contributed by atoms with Crippen molar-refractivity contribution in [1.82, 2.24) is 41.5 Å². The van der Waals surface area contributed by atoms with Gasteiger partial charge in [-0.15, -0.1) is 0 Å². The Morgan fingerprint density at radius 2 is 1.36 bits per heavy atom. The van der Waals surface area contributed by atoms with Crippen LogP contribution in [0.5, 0.6) is 0 Å². The topological polar surface area (TPSA) is 352 Å². The summed E-state index contributed by atoms with van der Waals surface area (Å²) in [5.74, 6) is 1.42. The van der Waals surface area contributed by atoms with Crippen LogP contribution in [0.3, 0.4) is 0 Å². The Bertz CT molecular complexity index is 2590. The molecule has 4 saturated heterocycles. The number of nitrogens with zero attached hydrogens (tertiary/aromatic N) is 4. The Labute approximate surface area is 539 Å². The van der Waals surface area contributed by atoms with Gasteiger partial charge in [-0.3, -0.25) is 46.1 Å². The van der Waals surface area contributed by atoms with Crippen LogP contribution in [0.25, 0.3) is 0 Å². The SMILES string of the molecule is [3H]C1CC(OP(=O)(OCCC#N)OCCCCNCCC[Si](C)(C)OC(C)C)C(COP(=O)(OCCC#N)OC2COC(n3ccc(NCCCCCCNC(=O)CCCCCNC(=O)CCCCCNC(=O)CCCCC4SCC5NC(=O)NC54)nc3=O)C2)O1. The van der Waals surface area contributed by atoms with Gasteiger partial charge in [0.25, 0.3) is 0 Å². The number of nitrogens with one attached hydrogen (secondary N) is 7. The van der Waals surface area contributed by atoms with E-state index in [2.05, 4.69) is 69.1 Å². The number of phosphoric ester groups is 2. The number of anilines is 1. The summed E-state index contributed by atoms with van der Waals surface area (Å²) in [6.07, 6.45) is 12.4. The maximum Gasteiger partial charge on any atom is 0.475 e. The molecule has 0 aromatic carbocycles. The Morgan fingerprint density at radius 3 is 1.99 bits per heavy atom. The molecule has 0 radical (unpaired) electrons. The van der Waals surface area contributed by atoms with Crippen molar-refractivity contribution in [1.29, 1.82) is 10.5 Å². The van der Waals surface area contributed by atoms with E-state index in [1.54, 1.807) is 12.3 Å². The number of hydrogen-bond acceptors (Lipinski definition) is 22. The molecule has 510 valence electrons. The lowest BCUT2D eigenvalue weighted by atomic mass is 10.0. The summed E-state index contributed by atoms with van der Waals surface area (Å²) in [6, 6.07) is 6.88. The lowest BCUT2D eigenvalue weighted by Gasteiger charge is -2.26. The Hall–Kier alpha value is -4.03. The number of fused-ring (bicyclic) bond motifs is 1. The van der Waals surface area contributed by atoms with E-state index in [0.717, 1.165) is 121 Å². The van der Waals surface area contributed by atoms with Crippen molar-refractivity contribution in [2.45, 2.75) is 229 Å². The number of unbranched alkanes of at least 4 members (excludes halogenated alkanes) is 9. The van der Waals surface area contributed by atoms with Crippen molar-refractivity contribution in [2.24, 2.45) is 0 Å². The van der Waals surface area contributed by atoms with Crippen molar-refractivity contribution in [3.63, 3.8) is 0 Å². The number of carbonyl (C=O) groups is 4. The molecule has 27 nitrogen and oxygen atoms in total. The number of carbonyl (C=O) groups excluding carboxylic acids is 4. The van der Waals surface area contributed by atoms with Gasteiger partial charge in [0.05, 0.1) is 77.6 Å². The summed E-state index contributed by atoms with van der Waals surface area (Å²) in [5.41, 5.74) is -0.581. The van der Waals surface area contributed by atoms with Crippen LogP contribution in [0.15, 0.2) is 17.1 Å². The van der Waals surface area contributed by atoms with Gasteiger partial charge in [-0.1, -0.05) is 32.1 Å². The van der Waals surface area contributed by atoms with Gasteiger partial charge in [-0.25, -0.2) is 18.7 Å². The van der Waals surface area contributed by atoms with Gasteiger partial charge in [-0.05, 0) is 123 Å². The third kappa shape index (κ3) is 31.3. The largest absolute Gasteiger partial charge is 0.475 e. The summed E-state index contributed by atoms with van der Waals surface area (Å²) in [4.78, 5) is 65.8. The summed E-state index contributed by atoms with van der Waals surface area (Å²) in [5, 5.41) is 40.2. The Kier molecular flexibility index (Phi) is 35.9. The van der Waals surface area contributed by atoms with Crippen LogP contribution < -0.4 is 42.9 Å². The van der Waals surface area contributed by atoms with Crippen LogP contribution in [0.4, 0.5) is 10.6 Å². The zero-order valence-electron chi connectivity index (χ0n) is 54.4. The minimum atomic E-state index is -4.47. The van der Waals surface area contributed by atoms with Crippen molar-refractivity contribution in [3.05, 3.63) is 22.7 Å². The van der Waals surface area contributed by atoms with E-state index in [1.807, 2.05) is 23.9 Å². The fraction of sp³-hybridized carbons (Fsp3) is 0.831. The monoisotopic (exact) mass is 1350 g/mol. The molecule has 10 unspecified atom stereocenters. The zero-order chi connectivity index (χ0) is 65.7. The first kappa shape index (κ1) is 75.0. The zero-order valence-corrected chi connectivity index (χ0v) is 57.0. The average Bonchev–Trinajstić information content (AvgIpc) is 1.84. The number of nitriles is 2. The summed E-state index contributed by atoms with van der Waals surface area (Å²) in [7, 11) is -10.5. The quantitative estimate of drug-likeness (QED) is 0.0139. The molecular weight excluding hydrogens is 1240 g/mol. The van der Waals surface area contributed by atoms with Crippen LogP contribution in [-0.4, -0.2) is 168 Å². The first-order valence-electron chi connectivity index (χ1n) is 33.1. The second-order valence-corrected chi connectivity index (χ2v) is 32.6. The van der Waals surface area contributed by atoms with E-state index in [-0.39, 0.29) is 94.1 Å². The molecule has 7 N–H and O–H groups in total. The lowest BCUT2D eigenvalue weighted by molar-refractivity contribution is -0.122. The van der Waals surface area contributed by atoms with Crippen LogP contribution in [0, 0.1) is 22.7 Å². The van der Waals surface area contributed by atoms with Crippen LogP contribution in [-0.2, 0) is 64.6 Å². The van der Waals surface area contributed by atoms with E-state index in [9.17, 15) is 38.4 Å². The lowest BCUT2D eigenvalue weighted by Crippen LogP contribution is -2.36. The number of phosphoric acid groups is 2. The molecule has 4 aliphatic rings. The van der Waals surface area contributed by atoms with Crippen molar-refractivity contribution >= 4 is 65.3 Å². The van der Waals surface area contributed by atoms with Gasteiger partial charge in [0, 0.05) is 88.2 Å². The first-order valence-corrected chi connectivity index (χ1v) is 39.6. The number of hydrogen-bond donors (Lipinski definition) is 7. The Morgan fingerprint density at radius 1 is 0.767 bits per heavy atom. The van der Waals surface area contributed by atoms with Gasteiger partial charge in [-0.2, -0.15) is 27.3 Å². The summed E-state index contributed by atoms with van der Waals surface area (Å²) >= 11 is 1.89. The van der Waals surface area contributed by atoms with Gasteiger partial charge < -0.3 is 51.1 Å². The standard InChI is InChI=1S/C59H103N11O16P2SSi/c1-46(2)86-90(3,4)41-21-31-62-30-17-18-37-80-87(76,81-38-19-28-60)85-49-27-40-78-50(49)44-83-88(77,82-39-20-29-61)84-47-42-56(79-43-47)70-36-26-52(68-59(70)75)63-32-13-5-6-14-33-64-53(71)23-9-7-15-34-65-54(72)24-10-8-16-35-66-55(73)25-12-11-22-51-57-48(45-89-51)67-58(74)69-57/h26,36,46-51,56-57,62H,5-25,27,30-35,37-45H2,1-4H3,(H,64,71)(H,65,72)(H,66,73)(H,63,68,75)(H2,67,69,74)/i40T. The fourth-order valence-electron chi connectivity index (χ4n) is 10.7. The van der Waals surface area contributed by atoms with Crippen LogP contribution >= 0.6 is 27.4 Å². The molecule has 10 atom stereocenters. The van der Waals surface area contributed by atoms with Gasteiger partial charge >= 0.3 is 27.4 Å². The molecule has 0 bridgehead atoms. The minimum absolute atomic E-state index is 0.0131. The molecule has 1 aromatic rings. The maximum absolute atomic E-state index is 14.1. The highest BCUT2D eigenvalue weighted by molar-refractivity contribution is 8.00. The normalized spacial score (nSPS) is 22.8. The van der Waals surface area contributed by atoms with Crippen molar-refractivity contribution in [3.8, 4) is 12.1 Å². The molecule has 4 fully saturated rings. The molecule has 0 saturated carbocycles. The van der Waals surface area contributed by atoms with Crippen molar-refractivity contribution < 1.29 is 70.7 Å². The predicted molar refractivity (Wildman–Crippen MR) is 344 cm³/mol. The molecule has 4 aliphatic heterocycles. The van der Waals surface area contributed by atoms with Gasteiger partial charge in [0.15, 0.2) is 8.32 Å². The number of rotatable bonds is 51. The second kappa shape index (κ2) is 43.0. The number of aromatic nitrogens is 2. The molecule has 90 heavy (non-hydrogen) atoms. The minimum Gasteiger partial charge on any atom is -0.415 e. The van der Waals surface area contributed by atoms with Gasteiger partial charge in [0.1, 0.15) is 24.3 Å². The van der Waals surface area contributed by atoms with E-state index >= 15 is 0 Å². The molecule has 0 aliphatic carbocycles. The third-order valence-electron chi connectivity index (χ3n) is 15.3. The molecular formula is C59H103N11O16P2SSi. The summed E-state index contributed by atoms with van der Waals surface area (Å²) in [6.45, 7) is 10.2. The molecule has 5 heterocycles. The number of amides is 5. The number of thioether (sulfide) groups is 1. The average molecular weight is 1350 g/mol. The highest BCUT2D eigenvalue weighted by atomic mass is 32.2. The predicted octanol–water partition coefficient (Wildman–Crippen LogP) is 8.39. The molecule has 1 aromatic heterocycles. The second-order valence-electron chi connectivity index (χ2n) is 23.8. The number of urea groups is 1. The molecule has 31 heteroatoms. The number of ether oxygens (including phenoxy) is 2. The molecule has 5 amide bonds. The van der Waals surface area contributed by atoms with E-state index in [0.29, 0.717) is 62.9 Å².